The van der Waals surface area contributed by atoms with Crippen molar-refractivity contribution in [3.05, 3.63) is 33.7 Å². The number of H-pyrrole nitrogens is 1. The van der Waals surface area contributed by atoms with E-state index in [9.17, 15) is 9.59 Å². The van der Waals surface area contributed by atoms with E-state index in [1.54, 1.807) is 13.0 Å². The third-order valence-electron chi connectivity index (χ3n) is 2.59. The summed E-state index contributed by atoms with van der Waals surface area (Å²) in [6.45, 7) is 1.89. The van der Waals surface area contributed by atoms with Crippen molar-refractivity contribution in [1.29, 1.82) is 5.26 Å². The highest BCUT2D eigenvalue weighted by molar-refractivity contribution is 5.96. The smallest absolute Gasteiger partial charge is 0.343 e. The first-order chi connectivity index (χ1) is 9.13. The minimum Gasteiger partial charge on any atom is -0.493 e. The summed E-state index contributed by atoms with van der Waals surface area (Å²) < 4.78 is 11.3. The zero-order valence-electron chi connectivity index (χ0n) is 10.4. The van der Waals surface area contributed by atoms with Crippen molar-refractivity contribution in [2.24, 2.45) is 0 Å². The monoisotopic (exact) mass is 261 g/mol. The van der Waals surface area contributed by atoms with Crippen molar-refractivity contribution in [2.45, 2.75) is 6.92 Å². The lowest BCUT2D eigenvalue weighted by molar-refractivity contribution is 0.0523. The minimum absolute atomic E-state index is 0.0562. The topological polar surface area (TPSA) is 96.6 Å². The number of methoxy groups -OCH3 is 1. The highest BCUT2D eigenvalue weighted by atomic mass is 16.5. The maximum absolute atomic E-state index is 12.0. The Bertz CT molecular complexity index is 736. The minimum atomic E-state index is -0.589. The van der Waals surface area contributed by atoms with Crippen LogP contribution in [0, 0.1) is 11.3 Å². The van der Waals surface area contributed by atoms with E-state index in [0.29, 0.717) is 0 Å². The summed E-state index contributed by atoms with van der Waals surface area (Å²) >= 11 is 0. The van der Waals surface area contributed by atoms with Crippen molar-refractivity contribution in [2.75, 3.05) is 13.7 Å². The molecule has 0 radical (unpaired) electrons. The zero-order valence-corrected chi connectivity index (χ0v) is 10.4. The average molecular weight is 261 g/mol. The summed E-state index contributed by atoms with van der Waals surface area (Å²) in [4.78, 5) is 23.8. The molecular formula is C12H11N3O4. The number of carbonyl (C=O) groups excluding carboxylic acids is 1. The molecule has 1 N–H and O–H groups in total. The lowest BCUT2D eigenvalue weighted by atomic mass is 10.2. The van der Waals surface area contributed by atoms with Crippen LogP contribution in [0.2, 0.25) is 0 Å². The van der Waals surface area contributed by atoms with Gasteiger partial charge in [-0.25, -0.2) is 4.79 Å². The van der Waals surface area contributed by atoms with Gasteiger partial charge in [0, 0.05) is 12.4 Å². The molecule has 0 atom stereocenters. The van der Waals surface area contributed by atoms with Crippen LogP contribution < -0.4 is 10.2 Å². The van der Waals surface area contributed by atoms with Gasteiger partial charge in [0.2, 0.25) is 5.43 Å². The summed E-state index contributed by atoms with van der Waals surface area (Å²) in [7, 11) is 1.34. The van der Waals surface area contributed by atoms with Gasteiger partial charge in [-0.3, -0.25) is 14.4 Å². The van der Waals surface area contributed by atoms with E-state index in [1.807, 2.05) is 0 Å². The number of nitriles is 1. The van der Waals surface area contributed by atoms with Crippen molar-refractivity contribution in [3.63, 3.8) is 0 Å². The normalized spacial score (nSPS) is 10.2. The van der Waals surface area contributed by atoms with Crippen LogP contribution in [0.1, 0.15) is 22.8 Å². The Morgan fingerprint density at radius 3 is 2.89 bits per heavy atom. The predicted molar refractivity (Wildman–Crippen MR) is 65.2 cm³/mol. The Hall–Kier alpha value is -2.75. The molecule has 0 aliphatic carbocycles. The van der Waals surface area contributed by atoms with E-state index in [2.05, 4.69) is 5.10 Å². The fourth-order valence-corrected chi connectivity index (χ4v) is 1.77. The lowest BCUT2D eigenvalue weighted by Gasteiger charge is -2.02. The van der Waals surface area contributed by atoms with E-state index in [1.165, 1.54) is 24.0 Å². The fourth-order valence-electron chi connectivity index (χ4n) is 1.77. The Morgan fingerprint density at radius 1 is 1.58 bits per heavy atom. The van der Waals surface area contributed by atoms with Crippen LogP contribution >= 0.6 is 0 Å². The van der Waals surface area contributed by atoms with Gasteiger partial charge in [-0.05, 0) is 6.92 Å². The summed E-state index contributed by atoms with van der Waals surface area (Å²) in [5.41, 5.74) is -0.328. The molecule has 0 unspecified atom stereocenters. The van der Waals surface area contributed by atoms with Gasteiger partial charge in [0.25, 0.3) is 0 Å². The van der Waals surface area contributed by atoms with E-state index >= 15 is 0 Å². The van der Waals surface area contributed by atoms with Crippen molar-refractivity contribution in [3.8, 4) is 11.8 Å². The number of nitrogens with zero attached hydrogens (tertiary/aromatic N) is 2. The van der Waals surface area contributed by atoms with E-state index in [0.717, 1.165) is 0 Å². The summed E-state index contributed by atoms with van der Waals surface area (Å²) in [5, 5.41) is 11.5. The molecule has 0 aromatic carbocycles. The highest BCUT2D eigenvalue weighted by Gasteiger charge is 2.22. The number of fused-ring (bicyclic) bond motifs is 1. The molecule has 2 heterocycles. The fraction of sp³-hybridized carbons (Fsp3) is 0.250. The molecule has 0 amide bonds. The second kappa shape index (κ2) is 4.86. The summed E-state index contributed by atoms with van der Waals surface area (Å²) in [6.07, 6.45) is 2.67. The molecule has 0 saturated carbocycles. The molecule has 2 rings (SSSR count). The quantitative estimate of drug-likeness (QED) is 0.820. The molecule has 0 bridgehead atoms. The first kappa shape index (κ1) is 12.7. The first-order valence-electron chi connectivity index (χ1n) is 5.52. The molecule has 0 aliphatic heterocycles. The SMILES string of the molecule is CCOC(=O)c1cn2[nH]cc(C#N)c(=O)c2c1OC. The van der Waals surface area contributed by atoms with Gasteiger partial charge in [0.1, 0.15) is 17.2 Å². The maximum atomic E-state index is 12.0. The number of aromatic amines is 1. The Kier molecular flexibility index (Phi) is 3.25. The summed E-state index contributed by atoms with van der Waals surface area (Å²) in [5.74, 6) is -0.494. The van der Waals surface area contributed by atoms with Crippen LogP contribution in [0.4, 0.5) is 0 Å². The molecular weight excluding hydrogens is 250 g/mol. The molecule has 7 heteroatoms. The highest BCUT2D eigenvalue weighted by Crippen LogP contribution is 2.24. The summed E-state index contributed by atoms with van der Waals surface area (Å²) in [6, 6.07) is 1.77. The number of hydrogen-bond donors (Lipinski definition) is 1. The van der Waals surface area contributed by atoms with Gasteiger partial charge in [-0.15, -0.1) is 0 Å². The van der Waals surface area contributed by atoms with Crippen molar-refractivity contribution in [1.82, 2.24) is 9.61 Å². The molecule has 2 aromatic rings. The van der Waals surface area contributed by atoms with Gasteiger partial charge in [0.05, 0.1) is 13.7 Å². The molecule has 0 fully saturated rings. The van der Waals surface area contributed by atoms with Crippen LogP contribution in [-0.2, 0) is 4.74 Å². The van der Waals surface area contributed by atoms with Gasteiger partial charge in [0.15, 0.2) is 11.3 Å². The molecule has 7 nitrogen and oxygen atoms in total. The average Bonchev–Trinajstić information content (AvgIpc) is 2.79. The second-order valence-electron chi connectivity index (χ2n) is 3.64. The molecule has 2 aromatic heterocycles. The third-order valence-corrected chi connectivity index (χ3v) is 2.59. The number of hydrogen-bond acceptors (Lipinski definition) is 5. The van der Waals surface area contributed by atoms with Crippen LogP contribution in [0.5, 0.6) is 5.75 Å². The Labute approximate surface area is 108 Å². The molecule has 19 heavy (non-hydrogen) atoms. The van der Waals surface area contributed by atoms with Gasteiger partial charge < -0.3 is 9.47 Å². The zero-order chi connectivity index (χ0) is 14.0. The van der Waals surface area contributed by atoms with Crippen LogP contribution in [-0.4, -0.2) is 29.3 Å². The van der Waals surface area contributed by atoms with Gasteiger partial charge in [-0.2, -0.15) is 5.26 Å². The number of aromatic nitrogens is 2. The standard InChI is InChI=1S/C12H11N3O4/c1-3-19-12(17)8-6-15-9(11(8)18-2)10(16)7(4-13)5-14-15/h5-6,14H,3H2,1-2H3. The largest absolute Gasteiger partial charge is 0.493 e. The third kappa shape index (κ3) is 1.93. The van der Waals surface area contributed by atoms with Crippen LogP contribution in [0.3, 0.4) is 0 Å². The molecule has 0 aliphatic rings. The Morgan fingerprint density at radius 2 is 2.32 bits per heavy atom. The van der Waals surface area contributed by atoms with Crippen LogP contribution in [0.15, 0.2) is 17.2 Å². The number of nitrogens with one attached hydrogen (secondary N) is 1. The van der Waals surface area contributed by atoms with E-state index in [4.69, 9.17) is 14.7 Å². The van der Waals surface area contributed by atoms with Crippen LogP contribution in [0.25, 0.3) is 5.52 Å². The molecule has 98 valence electrons. The van der Waals surface area contributed by atoms with Gasteiger partial charge >= 0.3 is 5.97 Å². The van der Waals surface area contributed by atoms with Crippen molar-refractivity contribution < 1.29 is 14.3 Å². The Balaban J connectivity index is 2.77. The number of ether oxygens (including phenoxy) is 2. The van der Waals surface area contributed by atoms with Gasteiger partial charge in [-0.1, -0.05) is 0 Å². The second-order valence-corrected chi connectivity index (χ2v) is 3.64. The number of carbonyl (C=O) groups is 1. The number of esters is 1. The van der Waals surface area contributed by atoms with E-state index in [-0.39, 0.29) is 29.0 Å². The number of rotatable bonds is 3. The predicted octanol–water partition coefficient (Wildman–Crippen LogP) is 0.685. The molecule has 0 spiro atoms. The molecule has 0 saturated heterocycles. The van der Waals surface area contributed by atoms with Crippen molar-refractivity contribution >= 4 is 11.5 Å². The lowest BCUT2D eigenvalue weighted by Crippen LogP contribution is -2.11. The maximum Gasteiger partial charge on any atom is 0.343 e. The first-order valence-corrected chi connectivity index (χ1v) is 5.52. The van der Waals surface area contributed by atoms with E-state index < -0.39 is 11.4 Å².